The van der Waals surface area contributed by atoms with Crippen molar-refractivity contribution in [1.82, 2.24) is 15.3 Å². The number of anilines is 1. The lowest BCUT2D eigenvalue weighted by Crippen LogP contribution is -1.92. The van der Waals surface area contributed by atoms with Crippen LogP contribution in [0.25, 0.3) is 10.9 Å². The molecule has 0 aliphatic heterocycles. The third-order valence-corrected chi connectivity index (χ3v) is 2.28. The Morgan fingerprint density at radius 3 is 2.82 bits per heavy atom. The molecule has 3 aromatic rings. The van der Waals surface area contributed by atoms with Gasteiger partial charge >= 0.3 is 5.88 Å². The Hall–Kier alpha value is -2.63. The van der Waals surface area contributed by atoms with Gasteiger partial charge in [-0.25, -0.2) is 4.63 Å². The van der Waals surface area contributed by atoms with E-state index < -0.39 is 0 Å². The molecule has 3 rings (SSSR count). The highest BCUT2D eigenvalue weighted by atomic mass is 16.6. The highest BCUT2D eigenvalue weighted by molar-refractivity contribution is 5.84. The number of para-hydroxylation sites is 1. The minimum Gasteiger partial charge on any atom is -0.431 e. The summed E-state index contributed by atoms with van der Waals surface area (Å²) >= 11 is 0. The van der Waals surface area contributed by atoms with Crippen LogP contribution in [0, 0.1) is 0 Å². The standard InChI is InChI=1S/C11H8N4O2/c12-10-11(15-17-14-10)16-8-5-1-3-7-4-2-6-13-9(7)8/h1-6H,(H2,12,14). The van der Waals surface area contributed by atoms with Crippen molar-refractivity contribution in [1.29, 1.82) is 0 Å². The Morgan fingerprint density at radius 1 is 1.12 bits per heavy atom. The SMILES string of the molecule is Nc1nonc1Oc1cccc2cccnc12. The number of benzene rings is 1. The van der Waals surface area contributed by atoms with E-state index in [4.69, 9.17) is 10.5 Å². The van der Waals surface area contributed by atoms with Gasteiger partial charge in [-0.3, -0.25) is 4.98 Å². The zero-order chi connectivity index (χ0) is 11.7. The molecule has 1 aromatic carbocycles. The zero-order valence-corrected chi connectivity index (χ0v) is 8.70. The van der Waals surface area contributed by atoms with Crippen molar-refractivity contribution in [3.05, 3.63) is 36.5 Å². The Bertz CT molecular complexity index is 660. The van der Waals surface area contributed by atoms with E-state index in [1.807, 2.05) is 24.3 Å². The molecule has 84 valence electrons. The van der Waals surface area contributed by atoms with Crippen molar-refractivity contribution < 1.29 is 9.37 Å². The molecule has 6 nitrogen and oxygen atoms in total. The minimum absolute atomic E-state index is 0.109. The summed E-state index contributed by atoms with van der Waals surface area (Å²) in [5.74, 6) is 0.812. The van der Waals surface area contributed by atoms with Gasteiger partial charge in [0.05, 0.1) is 0 Å². The maximum absolute atomic E-state index is 5.52. The predicted octanol–water partition coefficient (Wildman–Crippen LogP) is 1.99. The van der Waals surface area contributed by atoms with Crippen LogP contribution in [0.3, 0.4) is 0 Å². The molecule has 2 N–H and O–H groups in total. The molecule has 0 unspecified atom stereocenters. The van der Waals surface area contributed by atoms with Gasteiger partial charge in [0.1, 0.15) is 5.52 Å². The van der Waals surface area contributed by atoms with Crippen molar-refractivity contribution in [2.24, 2.45) is 0 Å². The molecule has 0 saturated heterocycles. The number of hydrogen-bond acceptors (Lipinski definition) is 6. The Kier molecular flexibility index (Phi) is 2.11. The fraction of sp³-hybridized carbons (Fsp3) is 0. The van der Waals surface area contributed by atoms with E-state index in [0.29, 0.717) is 5.75 Å². The van der Waals surface area contributed by atoms with Crippen LogP contribution >= 0.6 is 0 Å². The van der Waals surface area contributed by atoms with Crippen LogP contribution in [0.4, 0.5) is 5.82 Å². The van der Waals surface area contributed by atoms with Crippen molar-refractivity contribution in [3.63, 3.8) is 0 Å². The van der Waals surface area contributed by atoms with Crippen molar-refractivity contribution >= 4 is 16.7 Å². The molecule has 6 heteroatoms. The molecule has 0 radical (unpaired) electrons. The Balaban J connectivity index is 2.09. The summed E-state index contributed by atoms with van der Waals surface area (Å²) in [5.41, 5.74) is 6.25. The lowest BCUT2D eigenvalue weighted by atomic mass is 10.2. The molecular weight excluding hydrogens is 220 g/mol. The molecule has 0 bridgehead atoms. The first kappa shape index (κ1) is 9.59. The number of aromatic nitrogens is 3. The lowest BCUT2D eigenvalue weighted by Gasteiger charge is -2.04. The van der Waals surface area contributed by atoms with Crippen LogP contribution in [0.1, 0.15) is 0 Å². The number of ether oxygens (including phenoxy) is 1. The molecular formula is C11H8N4O2. The number of hydrogen-bond donors (Lipinski definition) is 1. The topological polar surface area (TPSA) is 87.1 Å². The van der Waals surface area contributed by atoms with Gasteiger partial charge in [0, 0.05) is 11.6 Å². The number of nitrogens with two attached hydrogens (primary N) is 1. The first-order valence-corrected chi connectivity index (χ1v) is 4.94. The molecule has 0 aliphatic carbocycles. The van der Waals surface area contributed by atoms with Crippen LogP contribution in [0.5, 0.6) is 11.6 Å². The molecule has 0 spiro atoms. The van der Waals surface area contributed by atoms with Gasteiger partial charge < -0.3 is 10.5 Å². The van der Waals surface area contributed by atoms with E-state index in [0.717, 1.165) is 10.9 Å². The third kappa shape index (κ3) is 1.65. The van der Waals surface area contributed by atoms with E-state index in [2.05, 4.69) is 19.9 Å². The largest absolute Gasteiger partial charge is 0.431 e. The van der Waals surface area contributed by atoms with E-state index >= 15 is 0 Å². The third-order valence-electron chi connectivity index (χ3n) is 2.28. The van der Waals surface area contributed by atoms with Gasteiger partial charge in [-0.05, 0) is 22.4 Å². The molecule has 0 fully saturated rings. The van der Waals surface area contributed by atoms with Crippen molar-refractivity contribution in [2.45, 2.75) is 0 Å². The number of fused-ring (bicyclic) bond motifs is 1. The summed E-state index contributed by atoms with van der Waals surface area (Å²) in [6.45, 7) is 0. The van der Waals surface area contributed by atoms with Gasteiger partial charge in [-0.2, -0.15) is 0 Å². The maximum atomic E-state index is 5.52. The van der Waals surface area contributed by atoms with Crippen molar-refractivity contribution in [3.8, 4) is 11.6 Å². The molecule has 2 heterocycles. The fourth-order valence-corrected chi connectivity index (χ4v) is 1.52. The number of nitrogens with zero attached hydrogens (tertiary/aromatic N) is 3. The molecule has 0 aliphatic rings. The first-order valence-electron chi connectivity index (χ1n) is 4.94. The number of nitrogen functional groups attached to an aromatic ring is 1. The van der Waals surface area contributed by atoms with Gasteiger partial charge in [0.15, 0.2) is 5.75 Å². The highest BCUT2D eigenvalue weighted by Gasteiger charge is 2.11. The van der Waals surface area contributed by atoms with Crippen LogP contribution < -0.4 is 10.5 Å². The van der Waals surface area contributed by atoms with Gasteiger partial charge in [-0.1, -0.05) is 18.2 Å². The van der Waals surface area contributed by atoms with Crippen LogP contribution in [-0.4, -0.2) is 15.3 Å². The van der Waals surface area contributed by atoms with Crippen LogP contribution in [0.2, 0.25) is 0 Å². The van der Waals surface area contributed by atoms with E-state index in [1.54, 1.807) is 12.3 Å². The normalized spacial score (nSPS) is 10.6. The highest BCUT2D eigenvalue weighted by Crippen LogP contribution is 2.29. The summed E-state index contributed by atoms with van der Waals surface area (Å²) in [6.07, 6.45) is 1.69. The smallest absolute Gasteiger partial charge is 0.305 e. The van der Waals surface area contributed by atoms with E-state index in [1.165, 1.54) is 0 Å². The molecule has 0 saturated carbocycles. The first-order chi connectivity index (χ1) is 8.34. The second kappa shape index (κ2) is 3.75. The second-order valence-electron chi connectivity index (χ2n) is 3.39. The summed E-state index contributed by atoms with van der Waals surface area (Å²) < 4.78 is 9.97. The molecule has 0 amide bonds. The molecule has 0 atom stereocenters. The van der Waals surface area contributed by atoms with Crippen LogP contribution in [0.15, 0.2) is 41.2 Å². The predicted molar refractivity (Wildman–Crippen MR) is 60.5 cm³/mol. The van der Waals surface area contributed by atoms with Crippen molar-refractivity contribution in [2.75, 3.05) is 5.73 Å². The summed E-state index contributed by atoms with van der Waals surface area (Å²) in [4.78, 5) is 4.25. The zero-order valence-electron chi connectivity index (χ0n) is 8.70. The minimum atomic E-state index is 0.109. The van der Waals surface area contributed by atoms with Gasteiger partial charge in [0.25, 0.3) is 0 Å². The van der Waals surface area contributed by atoms with E-state index in [9.17, 15) is 0 Å². The Morgan fingerprint density at radius 2 is 2.00 bits per heavy atom. The van der Waals surface area contributed by atoms with Crippen LogP contribution in [-0.2, 0) is 0 Å². The monoisotopic (exact) mass is 228 g/mol. The number of pyridine rings is 1. The average Bonchev–Trinajstić information content (AvgIpc) is 2.76. The quantitative estimate of drug-likeness (QED) is 0.721. The second-order valence-corrected chi connectivity index (χ2v) is 3.39. The Labute approximate surface area is 96.0 Å². The van der Waals surface area contributed by atoms with Gasteiger partial charge in [0.2, 0.25) is 5.82 Å². The van der Waals surface area contributed by atoms with Gasteiger partial charge in [-0.15, -0.1) is 0 Å². The summed E-state index contributed by atoms with van der Waals surface area (Å²) in [6, 6.07) is 9.39. The summed E-state index contributed by atoms with van der Waals surface area (Å²) in [7, 11) is 0. The molecule has 2 aromatic heterocycles. The maximum Gasteiger partial charge on any atom is 0.305 e. The molecule has 17 heavy (non-hydrogen) atoms. The van der Waals surface area contributed by atoms with E-state index in [-0.39, 0.29) is 11.7 Å². The summed E-state index contributed by atoms with van der Waals surface area (Å²) in [5, 5.41) is 7.97. The number of rotatable bonds is 2. The average molecular weight is 228 g/mol. The lowest BCUT2D eigenvalue weighted by molar-refractivity contribution is 0.291. The fourth-order valence-electron chi connectivity index (χ4n) is 1.52.